The molecule has 0 N–H and O–H groups in total. The van der Waals surface area contributed by atoms with Gasteiger partial charge in [0.2, 0.25) is 5.76 Å². The predicted octanol–water partition coefficient (Wildman–Crippen LogP) is 1.49. The smallest absolute Gasteiger partial charge is 0.374 e. The van der Waals surface area contributed by atoms with Gasteiger partial charge in [0.05, 0.1) is 24.8 Å². The van der Waals surface area contributed by atoms with Gasteiger partial charge in [-0.15, -0.1) is 0 Å². The van der Waals surface area contributed by atoms with Crippen molar-refractivity contribution in [3.05, 3.63) is 61.9 Å². The van der Waals surface area contributed by atoms with Crippen LogP contribution in [0.4, 0.5) is 5.69 Å². The van der Waals surface area contributed by atoms with Crippen LogP contribution in [0.15, 0.2) is 33.7 Å². The Balaban J connectivity index is 2.31. The average molecular weight is 292 g/mol. The van der Waals surface area contributed by atoms with Gasteiger partial charge in [-0.25, -0.2) is 4.79 Å². The van der Waals surface area contributed by atoms with Crippen LogP contribution in [0.5, 0.6) is 0 Å². The lowest BCUT2D eigenvalue weighted by molar-refractivity contribution is -0.386. The van der Waals surface area contributed by atoms with Crippen molar-refractivity contribution in [3.63, 3.8) is 0 Å². The van der Waals surface area contributed by atoms with E-state index in [0.29, 0.717) is 11.3 Å². The van der Waals surface area contributed by atoms with Crippen molar-refractivity contribution in [1.29, 1.82) is 0 Å². The van der Waals surface area contributed by atoms with Crippen molar-refractivity contribution >= 4 is 11.7 Å². The van der Waals surface area contributed by atoms with Crippen LogP contribution < -0.4 is 5.43 Å². The predicted molar refractivity (Wildman–Crippen MR) is 71.2 cm³/mol. The van der Waals surface area contributed by atoms with E-state index in [2.05, 4.69) is 4.74 Å². The Morgan fingerprint density at radius 1 is 1.52 bits per heavy atom. The highest BCUT2D eigenvalue weighted by Gasteiger charge is 2.17. The lowest BCUT2D eigenvalue weighted by atomic mass is 10.2. The molecule has 0 aliphatic heterocycles. The number of aryl methyl sites for hydroxylation is 1. The van der Waals surface area contributed by atoms with Crippen molar-refractivity contribution < 1.29 is 18.9 Å². The molecule has 110 valence electrons. The molecule has 0 fully saturated rings. The summed E-state index contributed by atoms with van der Waals surface area (Å²) in [6.07, 6.45) is 2.53. The maximum absolute atomic E-state index is 11.4. The second-order valence-corrected chi connectivity index (χ2v) is 4.34. The van der Waals surface area contributed by atoms with Gasteiger partial charge in [0, 0.05) is 17.8 Å². The molecule has 0 spiro atoms. The number of carbonyl (C=O) groups excluding carboxylic acids is 1. The van der Waals surface area contributed by atoms with Crippen molar-refractivity contribution in [2.75, 3.05) is 7.11 Å². The van der Waals surface area contributed by atoms with Gasteiger partial charge >= 0.3 is 11.7 Å². The molecule has 0 amide bonds. The van der Waals surface area contributed by atoms with Gasteiger partial charge in [-0.3, -0.25) is 14.9 Å². The highest BCUT2D eigenvalue weighted by molar-refractivity contribution is 5.87. The zero-order valence-electron chi connectivity index (χ0n) is 11.4. The molecule has 0 unspecified atom stereocenters. The lowest BCUT2D eigenvalue weighted by Gasteiger charge is -2.03. The summed E-state index contributed by atoms with van der Waals surface area (Å²) >= 11 is 0. The third kappa shape index (κ3) is 2.99. The third-order valence-electron chi connectivity index (χ3n) is 2.83. The van der Waals surface area contributed by atoms with Crippen molar-refractivity contribution in [2.24, 2.45) is 0 Å². The van der Waals surface area contributed by atoms with Gasteiger partial charge in [-0.2, -0.15) is 0 Å². The van der Waals surface area contributed by atoms with Crippen molar-refractivity contribution in [2.45, 2.75) is 13.5 Å². The SMILES string of the molecule is COC(=O)c1oc(Cn2ccc(=O)c([N+](=O)[O-])c2)cc1C. The third-order valence-corrected chi connectivity index (χ3v) is 2.83. The minimum atomic E-state index is -0.744. The summed E-state index contributed by atoms with van der Waals surface area (Å²) in [6, 6.07) is 2.74. The van der Waals surface area contributed by atoms with Crippen LogP contribution in [0, 0.1) is 17.0 Å². The Morgan fingerprint density at radius 3 is 2.86 bits per heavy atom. The number of esters is 1. The van der Waals surface area contributed by atoms with E-state index in [1.807, 2.05) is 0 Å². The second-order valence-electron chi connectivity index (χ2n) is 4.34. The number of nitro groups is 1. The molecule has 0 aliphatic rings. The molecule has 0 bridgehead atoms. The summed E-state index contributed by atoms with van der Waals surface area (Å²) in [5.41, 5.74) is -0.580. The van der Waals surface area contributed by atoms with Crippen LogP contribution in [0.2, 0.25) is 0 Å². The van der Waals surface area contributed by atoms with Gasteiger partial charge in [-0.1, -0.05) is 0 Å². The summed E-state index contributed by atoms with van der Waals surface area (Å²) in [5, 5.41) is 10.7. The first-order chi connectivity index (χ1) is 9.92. The molecule has 0 aliphatic carbocycles. The second kappa shape index (κ2) is 5.61. The van der Waals surface area contributed by atoms with E-state index in [9.17, 15) is 19.7 Å². The monoisotopic (exact) mass is 292 g/mol. The van der Waals surface area contributed by atoms with E-state index in [4.69, 9.17) is 4.42 Å². The Labute approximate surface area is 118 Å². The van der Waals surface area contributed by atoms with E-state index >= 15 is 0 Å². The molecule has 0 saturated heterocycles. The molecule has 0 atom stereocenters. The summed E-state index contributed by atoms with van der Waals surface area (Å²) in [7, 11) is 1.25. The Morgan fingerprint density at radius 2 is 2.24 bits per heavy atom. The van der Waals surface area contributed by atoms with Crippen LogP contribution in [0.3, 0.4) is 0 Å². The standard InChI is InChI=1S/C13H12N2O6/c1-8-5-9(21-12(8)13(17)20-2)6-14-4-3-11(16)10(7-14)15(18)19/h3-5,7H,6H2,1-2H3. The molecule has 0 radical (unpaired) electrons. The van der Waals surface area contributed by atoms with Gasteiger partial charge in [0.1, 0.15) is 5.76 Å². The molecule has 2 aromatic rings. The fourth-order valence-electron chi connectivity index (χ4n) is 1.85. The molecule has 2 rings (SSSR count). The molecule has 8 nitrogen and oxygen atoms in total. The molecule has 0 saturated carbocycles. The summed E-state index contributed by atoms with van der Waals surface area (Å²) < 4.78 is 11.4. The normalized spacial score (nSPS) is 10.4. The minimum absolute atomic E-state index is 0.0862. The largest absolute Gasteiger partial charge is 0.463 e. The highest BCUT2D eigenvalue weighted by atomic mass is 16.6. The van der Waals surface area contributed by atoms with E-state index in [-0.39, 0.29) is 12.3 Å². The quantitative estimate of drug-likeness (QED) is 0.480. The summed E-state index contributed by atoms with van der Waals surface area (Å²) in [6.45, 7) is 1.84. The first kappa shape index (κ1) is 14.5. The van der Waals surface area contributed by atoms with Crippen molar-refractivity contribution in [3.8, 4) is 0 Å². The fourth-order valence-corrected chi connectivity index (χ4v) is 1.85. The number of hydrogen-bond acceptors (Lipinski definition) is 6. The van der Waals surface area contributed by atoms with Crippen LogP contribution in [0.1, 0.15) is 21.9 Å². The number of nitrogens with zero attached hydrogens (tertiary/aromatic N) is 2. The number of aromatic nitrogens is 1. The molecular weight excluding hydrogens is 280 g/mol. The molecule has 2 heterocycles. The summed E-state index contributed by atoms with van der Waals surface area (Å²) in [5.74, 6) is -0.0847. The number of furan rings is 1. The topological polar surface area (TPSA) is 105 Å². The van der Waals surface area contributed by atoms with Crippen LogP contribution in [0.25, 0.3) is 0 Å². The Hall–Kier alpha value is -2.90. The lowest BCUT2D eigenvalue weighted by Crippen LogP contribution is -2.11. The van der Waals surface area contributed by atoms with Gasteiger partial charge < -0.3 is 13.7 Å². The van der Waals surface area contributed by atoms with E-state index in [1.54, 1.807) is 13.0 Å². The van der Waals surface area contributed by atoms with E-state index in [1.165, 1.54) is 17.9 Å². The summed E-state index contributed by atoms with van der Waals surface area (Å²) in [4.78, 5) is 32.7. The van der Waals surface area contributed by atoms with E-state index < -0.39 is 22.0 Å². The maximum Gasteiger partial charge on any atom is 0.374 e. The van der Waals surface area contributed by atoms with Crippen LogP contribution in [-0.4, -0.2) is 22.6 Å². The number of hydrogen-bond donors (Lipinski definition) is 0. The molecule has 0 aromatic carbocycles. The number of ether oxygens (including phenoxy) is 1. The van der Waals surface area contributed by atoms with Crippen LogP contribution in [-0.2, 0) is 11.3 Å². The number of pyridine rings is 1. The molecule has 2 aromatic heterocycles. The zero-order chi connectivity index (χ0) is 15.6. The van der Waals surface area contributed by atoms with Gasteiger partial charge in [-0.05, 0) is 13.0 Å². The highest BCUT2D eigenvalue weighted by Crippen LogP contribution is 2.17. The zero-order valence-corrected chi connectivity index (χ0v) is 11.4. The molecule has 8 heteroatoms. The number of rotatable bonds is 4. The molecule has 21 heavy (non-hydrogen) atoms. The van der Waals surface area contributed by atoms with Gasteiger partial charge in [0.15, 0.2) is 0 Å². The van der Waals surface area contributed by atoms with Gasteiger partial charge in [0.25, 0.3) is 5.43 Å². The van der Waals surface area contributed by atoms with Crippen molar-refractivity contribution in [1.82, 2.24) is 4.57 Å². The fraction of sp³-hybridized carbons (Fsp3) is 0.231. The minimum Gasteiger partial charge on any atom is -0.463 e. The Bertz CT molecular complexity index is 758. The first-order valence-electron chi connectivity index (χ1n) is 5.94. The Kier molecular flexibility index (Phi) is 3.88. The number of methoxy groups -OCH3 is 1. The first-order valence-corrected chi connectivity index (χ1v) is 5.94. The van der Waals surface area contributed by atoms with E-state index in [0.717, 1.165) is 12.3 Å². The number of carbonyl (C=O) groups is 1. The molecular formula is C13H12N2O6. The maximum atomic E-state index is 11.4. The van der Waals surface area contributed by atoms with Crippen LogP contribution >= 0.6 is 0 Å². The average Bonchev–Trinajstić information content (AvgIpc) is 2.80.